The van der Waals surface area contributed by atoms with Gasteiger partial charge in [-0.2, -0.15) is 0 Å². The summed E-state index contributed by atoms with van der Waals surface area (Å²) in [7, 11) is 0. The minimum absolute atomic E-state index is 0.0658. The number of rotatable bonds is 7. The Bertz CT molecular complexity index is 715. The fraction of sp³-hybridized carbons (Fsp3) is 0.300. The molecule has 0 unspecified atom stereocenters. The number of hydrogen-bond donors (Lipinski definition) is 2. The molecule has 0 bridgehead atoms. The molecule has 2 aromatic rings. The lowest BCUT2D eigenvalue weighted by Gasteiger charge is -2.22. The number of nitrogens with one attached hydrogen (secondary N) is 2. The van der Waals surface area contributed by atoms with Gasteiger partial charge in [0.1, 0.15) is 11.5 Å². The number of ether oxygens (including phenoxy) is 1. The SMILES string of the molecule is CC(=O)N(CCNC(=O)NC(C)C)c1ccc(Oc2ccccc2)cc1. The van der Waals surface area contributed by atoms with Gasteiger partial charge in [0.05, 0.1) is 0 Å². The number of hydrogen-bond acceptors (Lipinski definition) is 3. The molecule has 0 aliphatic rings. The number of urea groups is 1. The fourth-order valence-electron chi connectivity index (χ4n) is 2.38. The van der Waals surface area contributed by atoms with Crippen molar-refractivity contribution < 1.29 is 14.3 Å². The van der Waals surface area contributed by atoms with Crippen LogP contribution in [0.4, 0.5) is 10.5 Å². The Balaban J connectivity index is 1.94. The van der Waals surface area contributed by atoms with E-state index in [1.807, 2.05) is 68.4 Å². The molecule has 0 aliphatic carbocycles. The van der Waals surface area contributed by atoms with Crippen molar-refractivity contribution in [3.05, 3.63) is 54.6 Å². The molecule has 0 radical (unpaired) electrons. The molecule has 6 nitrogen and oxygen atoms in total. The van der Waals surface area contributed by atoms with Crippen molar-refractivity contribution in [1.29, 1.82) is 0 Å². The van der Waals surface area contributed by atoms with Crippen molar-refractivity contribution in [1.82, 2.24) is 10.6 Å². The molecule has 3 amide bonds. The molecule has 138 valence electrons. The van der Waals surface area contributed by atoms with E-state index in [-0.39, 0.29) is 18.0 Å². The van der Waals surface area contributed by atoms with E-state index in [9.17, 15) is 9.59 Å². The first-order valence-electron chi connectivity index (χ1n) is 8.61. The van der Waals surface area contributed by atoms with Gasteiger partial charge in [-0.3, -0.25) is 4.79 Å². The van der Waals surface area contributed by atoms with Gasteiger partial charge >= 0.3 is 6.03 Å². The third-order valence-corrected chi connectivity index (χ3v) is 3.55. The monoisotopic (exact) mass is 355 g/mol. The van der Waals surface area contributed by atoms with Gasteiger partial charge in [-0.05, 0) is 50.2 Å². The predicted octanol–water partition coefficient (Wildman–Crippen LogP) is 3.54. The van der Waals surface area contributed by atoms with Gasteiger partial charge in [0, 0.05) is 31.7 Å². The van der Waals surface area contributed by atoms with Crippen molar-refractivity contribution in [2.45, 2.75) is 26.8 Å². The molecule has 2 N–H and O–H groups in total. The maximum absolute atomic E-state index is 11.9. The van der Waals surface area contributed by atoms with Gasteiger partial charge in [-0.15, -0.1) is 0 Å². The normalized spacial score (nSPS) is 10.3. The highest BCUT2D eigenvalue weighted by Gasteiger charge is 2.12. The van der Waals surface area contributed by atoms with Gasteiger partial charge in [0.15, 0.2) is 0 Å². The van der Waals surface area contributed by atoms with Crippen molar-refractivity contribution in [3.63, 3.8) is 0 Å². The van der Waals surface area contributed by atoms with Crippen LogP contribution in [-0.4, -0.2) is 31.1 Å². The maximum atomic E-state index is 11.9. The highest BCUT2D eigenvalue weighted by molar-refractivity contribution is 5.91. The Kier molecular flexibility index (Phi) is 7.02. The van der Waals surface area contributed by atoms with Crippen LogP contribution in [0.1, 0.15) is 20.8 Å². The van der Waals surface area contributed by atoms with Crippen molar-refractivity contribution in [3.8, 4) is 11.5 Å². The molecule has 0 saturated carbocycles. The van der Waals surface area contributed by atoms with Gasteiger partial charge in [-0.1, -0.05) is 18.2 Å². The Morgan fingerprint density at radius 1 is 1.00 bits per heavy atom. The first-order valence-corrected chi connectivity index (χ1v) is 8.61. The molecule has 0 saturated heterocycles. The van der Waals surface area contributed by atoms with Crippen LogP contribution in [0, 0.1) is 0 Å². The summed E-state index contributed by atoms with van der Waals surface area (Å²) in [5.41, 5.74) is 0.754. The Labute approximate surface area is 154 Å². The van der Waals surface area contributed by atoms with Crippen LogP contribution in [-0.2, 0) is 4.79 Å². The lowest BCUT2D eigenvalue weighted by atomic mass is 10.2. The minimum Gasteiger partial charge on any atom is -0.457 e. The molecule has 2 aromatic carbocycles. The summed E-state index contributed by atoms with van der Waals surface area (Å²) in [4.78, 5) is 25.2. The molecule has 0 heterocycles. The lowest BCUT2D eigenvalue weighted by Crippen LogP contribution is -2.43. The highest BCUT2D eigenvalue weighted by atomic mass is 16.5. The molecule has 0 fully saturated rings. The summed E-state index contributed by atoms with van der Waals surface area (Å²) >= 11 is 0. The van der Waals surface area contributed by atoms with E-state index in [2.05, 4.69) is 10.6 Å². The predicted molar refractivity (Wildman–Crippen MR) is 103 cm³/mol. The van der Waals surface area contributed by atoms with Crippen LogP contribution in [0.25, 0.3) is 0 Å². The number of anilines is 1. The zero-order valence-electron chi connectivity index (χ0n) is 15.4. The number of nitrogens with zero attached hydrogens (tertiary/aromatic N) is 1. The van der Waals surface area contributed by atoms with E-state index in [4.69, 9.17) is 4.74 Å². The summed E-state index contributed by atoms with van der Waals surface area (Å²) in [6.07, 6.45) is 0. The fourth-order valence-corrected chi connectivity index (χ4v) is 2.38. The van der Waals surface area contributed by atoms with E-state index in [1.165, 1.54) is 6.92 Å². The van der Waals surface area contributed by atoms with Gasteiger partial charge < -0.3 is 20.3 Å². The molecule has 6 heteroatoms. The summed E-state index contributed by atoms with van der Waals surface area (Å²) in [5, 5.41) is 5.49. The first kappa shape index (κ1) is 19.3. The summed E-state index contributed by atoms with van der Waals surface area (Å²) in [5.74, 6) is 1.36. The average molecular weight is 355 g/mol. The number of benzene rings is 2. The number of para-hydroxylation sites is 1. The smallest absolute Gasteiger partial charge is 0.315 e. The zero-order chi connectivity index (χ0) is 18.9. The maximum Gasteiger partial charge on any atom is 0.315 e. The Morgan fingerprint density at radius 3 is 2.19 bits per heavy atom. The molecule has 0 atom stereocenters. The topological polar surface area (TPSA) is 70.7 Å². The summed E-state index contributed by atoms with van der Waals surface area (Å²) in [6, 6.07) is 16.6. The van der Waals surface area contributed by atoms with Crippen molar-refractivity contribution in [2.75, 3.05) is 18.0 Å². The minimum atomic E-state index is -0.241. The van der Waals surface area contributed by atoms with Crippen LogP contribution >= 0.6 is 0 Å². The van der Waals surface area contributed by atoms with E-state index in [0.717, 1.165) is 11.4 Å². The van der Waals surface area contributed by atoms with Crippen LogP contribution < -0.4 is 20.3 Å². The molecule has 0 spiro atoms. The van der Waals surface area contributed by atoms with E-state index >= 15 is 0 Å². The molecule has 0 aliphatic heterocycles. The van der Waals surface area contributed by atoms with Crippen LogP contribution in [0.15, 0.2) is 54.6 Å². The zero-order valence-corrected chi connectivity index (χ0v) is 15.4. The molecule has 2 rings (SSSR count). The number of carbonyl (C=O) groups excluding carboxylic acids is 2. The van der Waals surface area contributed by atoms with Gasteiger partial charge in [-0.25, -0.2) is 4.79 Å². The average Bonchev–Trinajstić information content (AvgIpc) is 2.60. The Morgan fingerprint density at radius 2 is 1.62 bits per heavy atom. The number of amides is 3. The van der Waals surface area contributed by atoms with Crippen LogP contribution in [0.2, 0.25) is 0 Å². The van der Waals surface area contributed by atoms with Crippen LogP contribution in [0.3, 0.4) is 0 Å². The van der Waals surface area contributed by atoms with Crippen molar-refractivity contribution in [2.24, 2.45) is 0 Å². The lowest BCUT2D eigenvalue weighted by molar-refractivity contribution is -0.116. The summed E-state index contributed by atoms with van der Waals surface area (Å²) in [6.45, 7) is 6.03. The second-order valence-corrected chi connectivity index (χ2v) is 6.13. The van der Waals surface area contributed by atoms with E-state index in [0.29, 0.717) is 18.8 Å². The first-order chi connectivity index (χ1) is 12.5. The molecule has 0 aromatic heterocycles. The highest BCUT2D eigenvalue weighted by Crippen LogP contribution is 2.24. The second kappa shape index (κ2) is 9.46. The third kappa shape index (κ3) is 6.12. The van der Waals surface area contributed by atoms with Crippen molar-refractivity contribution >= 4 is 17.6 Å². The largest absolute Gasteiger partial charge is 0.457 e. The molecule has 26 heavy (non-hydrogen) atoms. The third-order valence-electron chi connectivity index (χ3n) is 3.55. The second-order valence-electron chi connectivity index (χ2n) is 6.13. The summed E-state index contributed by atoms with van der Waals surface area (Å²) < 4.78 is 5.75. The standard InChI is InChI=1S/C20H25N3O3/c1-15(2)22-20(25)21-13-14-23(16(3)24)17-9-11-19(12-10-17)26-18-7-5-4-6-8-18/h4-12,15H,13-14H2,1-3H3,(H2,21,22,25). The number of carbonyl (C=O) groups is 2. The Hall–Kier alpha value is -3.02. The van der Waals surface area contributed by atoms with Gasteiger partial charge in [0.2, 0.25) is 5.91 Å². The van der Waals surface area contributed by atoms with E-state index < -0.39 is 0 Å². The molecular weight excluding hydrogens is 330 g/mol. The van der Waals surface area contributed by atoms with E-state index in [1.54, 1.807) is 4.90 Å². The molecular formula is C20H25N3O3. The van der Waals surface area contributed by atoms with Crippen LogP contribution in [0.5, 0.6) is 11.5 Å². The van der Waals surface area contributed by atoms with Gasteiger partial charge in [0.25, 0.3) is 0 Å². The quantitative estimate of drug-likeness (QED) is 0.798.